The van der Waals surface area contributed by atoms with Crippen LogP contribution in [0.25, 0.3) is 0 Å². The molecule has 0 fully saturated rings. The summed E-state index contributed by atoms with van der Waals surface area (Å²) in [6, 6.07) is 0. The van der Waals surface area contributed by atoms with Crippen LogP contribution in [-0.2, 0) is 23.9 Å². The Kier molecular flexibility index (Phi) is 11.5. The minimum Gasteiger partial charge on any atom is -0.463 e. The van der Waals surface area contributed by atoms with Crippen LogP contribution in [0.2, 0.25) is 0 Å². The van der Waals surface area contributed by atoms with Crippen molar-refractivity contribution in [2.45, 2.75) is 39.7 Å². The van der Waals surface area contributed by atoms with E-state index in [1.807, 2.05) is 0 Å². The summed E-state index contributed by atoms with van der Waals surface area (Å²) >= 11 is 1.42. The second-order valence-electron chi connectivity index (χ2n) is 6.14. The third-order valence-corrected chi connectivity index (χ3v) is 5.00. The smallest absolute Gasteiger partial charge is 0.314 e. The molecule has 0 radical (unpaired) electrons. The molecule has 0 aromatic rings. The average molecular weight is 379 g/mol. The molecule has 0 aliphatic carbocycles. The lowest BCUT2D eigenvalue weighted by atomic mass is 9.89. The van der Waals surface area contributed by atoms with E-state index in [-0.39, 0.29) is 38.1 Å². The Morgan fingerprint density at radius 1 is 1.24 bits per heavy atom. The van der Waals surface area contributed by atoms with Gasteiger partial charge in [0, 0.05) is 17.4 Å². The van der Waals surface area contributed by atoms with Crippen LogP contribution in [0, 0.1) is 11.3 Å². The molecule has 1 amide bonds. The van der Waals surface area contributed by atoms with Gasteiger partial charge in [0.1, 0.15) is 19.3 Å². The summed E-state index contributed by atoms with van der Waals surface area (Å²) in [7, 11) is 0. The fraction of sp³-hybridized carbons (Fsp3) is 0.812. The zero-order valence-electron chi connectivity index (χ0n) is 15.0. The Hall–Kier alpha value is -1.32. The van der Waals surface area contributed by atoms with E-state index in [4.69, 9.17) is 15.2 Å². The molecule has 0 heterocycles. The summed E-state index contributed by atoms with van der Waals surface area (Å²) in [5, 5.41) is 18.9. The van der Waals surface area contributed by atoms with Crippen LogP contribution in [0.3, 0.4) is 0 Å². The lowest BCUT2D eigenvalue weighted by Gasteiger charge is -2.23. The van der Waals surface area contributed by atoms with Crippen molar-refractivity contribution in [1.82, 2.24) is 0 Å². The van der Waals surface area contributed by atoms with Gasteiger partial charge in [-0.15, -0.1) is 0 Å². The zero-order chi connectivity index (χ0) is 19.5. The molecule has 0 aromatic heterocycles. The number of thioether (sulfide) groups is 1. The quantitative estimate of drug-likeness (QED) is 0.302. The number of hydrogen-bond donors (Lipinski definition) is 3. The van der Waals surface area contributed by atoms with Crippen LogP contribution in [-0.4, -0.2) is 65.5 Å². The van der Waals surface area contributed by atoms with Crippen molar-refractivity contribution in [1.29, 1.82) is 0 Å². The van der Waals surface area contributed by atoms with Gasteiger partial charge in [0.25, 0.3) is 0 Å². The zero-order valence-corrected chi connectivity index (χ0v) is 15.8. The first-order chi connectivity index (χ1) is 11.7. The lowest BCUT2D eigenvalue weighted by Crippen LogP contribution is -2.35. The van der Waals surface area contributed by atoms with Crippen molar-refractivity contribution >= 4 is 29.6 Å². The van der Waals surface area contributed by atoms with Gasteiger partial charge < -0.3 is 25.4 Å². The van der Waals surface area contributed by atoms with Crippen molar-refractivity contribution in [3.05, 3.63) is 0 Å². The Labute approximate surface area is 152 Å². The fourth-order valence-corrected chi connectivity index (χ4v) is 2.47. The normalized spacial score (nSPS) is 15.7. The molecule has 9 heteroatoms. The maximum Gasteiger partial charge on any atom is 0.314 e. The summed E-state index contributed by atoms with van der Waals surface area (Å²) < 4.78 is 9.84. The van der Waals surface area contributed by atoms with E-state index in [1.54, 1.807) is 20.8 Å². The molecule has 0 rings (SSSR count). The van der Waals surface area contributed by atoms with E-state index in [9.17, 15) is 24.6 Å². The predicted molar refractivity (Wildman–Crippen MR) is 93.7 cm³/mol. The predicted octanol–water partition coefficient (Wildman–Crippen LogP) is 0.0870. The molecule has 0 saturated carbocycles. The minimum absolute atomic E-state index is 0.140. The molecule has 0 saturated heterocycles. The molecule has 0 aromatic carbocycles. The molecule has 4 N–H and O–H groups in total. The number of primary amides is 1. The summed E-state index contributed by atoms with van der Waals surface area (Å²) in [4.78, 5) is 34.2. The van der Waals surface area contributed by atoms with Crippen molar-refractivity contribution in [2.24, 2.45) is 17.1 Å². The first-order valence-electron chi connectivity index (χ1n) is 8.15. The monoisotopic (exact) mass is 379 g/mol. The molecular formula is C16H29NO7S. The fourth-order valence-electron chi connectivity index (χ4n) is 1.47. The lowest BCUT2D eigenvalue weighted by molar-refractivity contribution is -0.162. The molecule has 25 heavy (non-hydrogen) atoms. The van der Waals surface area contributed by atoms with Gasteiger partial charge in [0.2, 0.25) is 5.91 Å². The van der Waals surface area contributed by atoms with Gasteiger partial charge in [-0.25, -0.2) is 0 Å². The molecule has 3 atom stereocenters. The molecule has 0 bridgehead atoms. The second kappa shape index (κ2) is 12.1. The van der Waals surface area contributed by atoms with Gasteiger partial charge in [0.05, 0.1) is 18.4 Å². The number of rotatable bonds is 13. The van der Waals surface area contributed by atoms with Crippen molar-refractivity contribution in [3.8, 4) is 0 Å². The summed E-state index contributed by atoms with van der Waals surface area (Å²) in [6.07, 6.45) is -0.587. The van der Waals surface area contributed by atoms with Crippen LogP contribution in [0.4, 0.5) is 0 Å². The number of carbonyl (C=O) groups excluding carboxylic acids is 3. The topological polar surface area (TPSA) is 136 Å². The first-order valence-corrected chi connectivity index (χ1v) is 9.30. The van der Waals surface area contributed by atoms with Crippen LogP contribution < -0.4 is 5.73 Å². The van der Waals surface area contributed by atoms with E-state index in [0.717, 1.165) is 0 Å². The maximum absolute atomic E-state index is 11.8. The Bertz CT molecular complexity index is 440. The van der Waals surface area contributed by atoms with E-state index in [1.165, 1.54) is 11.8 Å². The molecule has 3 unspecified atom stereocenters. The van der Waals surface area contributed by atoms with E-state index < -0.39 is 23.5 Å². The van der Waals surface area contributed by atoms with E-state index in [0.29, 0.717) is 17.9 Å². The van der Waals surface area contributed by atoms with Crippen LogP contribution in [0.1, 0.15) is 33.6 Å². The number of carbonyl (C=O) groups is 3. The van der Waals surface area contributed by atoms with Gasteiger partial charge in [-0.2, -0.15) is 11.8 Å². The summed E-state index contributed by atoms with van der Waals surface area (Å²) in [6.45, 7) is 4.09. The van der Waals surface area contributed by atoms with Gasteiger partial charge in [0.15, 0.2) is 0 Å². The van der Waals surface area contributed by atoms with E-state index >= 15 is 0 Å². The van der Waals surface area contributed by atoms with Crippen molar-refractivity contribution in [2.75, 3.05) is 31.3 Å². The third kappa shape index (κ3) is 9.66. The van der Waals surface area contributed by atoms with Crippen molar-refractivity contribution < 1.29 is 34.1 Å². The molecule has 0 aliphatic heterocycles. The van der Waals surface area contributed by atoms with Crippen LogP contribution >= 0.6 is 11.8 Å². The van der Waals surface area contributed by atoms with E-state index in [2.05, 4.69) is 0 Å². The third-order valence-electron chi connectivity index (χ3n) is 3.77. The number of esters is 2. The van der Waals surface area contributed by atoms with Gasteiger partial charge in [-0.05, 0) is 13.3 Å². The Morgan fingerprint density at radius 2 is 1.84 bits per heavy atom. The Morgan fingerprint density at radius 3 is 2.36 bits per heavy atom. The van der Waals surface area contributed by atoms with Gasteiger partial charge >= 0.3 is 11.9 Å². The van der Waals surface area contributed by atoms with Crippen molar-refractivity contribution in [3.63, 3.8) is 0 Å². The highest BCUT2D eigenvalue weighted by Crippen LogP contribution is 2.21. The van der Waals surface area contributed by atoms with Crippen LogP contribution in [0.5, 0.6) is 0 Å². The first kappa shape index (κ1) is 23.7. The largest absolute Gasteiger partial charge is 0.463 e. The SMILES string of the molecule is CCC(C)(CO)C(=O)OCC(O)COC(=O)CCSCC(C)C(N)=O. The highest BCUT2D eigenvalue weighted by Gasteiger charge is 2.32. The number of aliphatic hydroxyl groups is 2. The number of nitrogens with two attached hydrogens (primary N) is 1. The second-order valence-corrected chi connectivity index (χ2v) is 7.29. The van der Waals surface area contributed by atoms with Gasteiger partial charge in [-0.1, -0.05) is 13.8 Å². The molecular weight excluding hydrogens is 350 g/mol. The standard InChI is InChI=1S/C16H29NO7S/c1-4-16(3,10-18)15(22)24-8-12(19)7-23-13(20)5-6-25-9-11(2)14(17)21/h11-12,18-19H,4-10H2,1-3H3,(H2,17,21). The number of hydrogen-bond acceptors (Lipinski definition) is 8. The van der Waals surface area contributed by atoms with Gasteiger partial charge in [-0.3, -0.25) is 14.4 Å². The number of ether oxygens (including phenoxy) is 2. The minimum atomic E-state index is -1.13. The summed E-state index contributed by atoms with van der Waals surface area (Å²) in [5.41, 5.74) is 4.13. The molecule has 0 aliphatic rings. The number of aliphatic hydroxyl groups excluding tert-OH is 2. The molecule has 8 nitrogen and oxygen atoms in total. The number of amides is 1. The van der Waals surface area contributed by atoms with Crippen LogP contribution in [0.15, 0.2) is 0 Å². The summed E-state index contributed by atoms with van der Waals surface area (Å²) in [5.74, 6) is -0.727. The maximum atomic E-state index is 11.8. The average Bonchev–Trinajstić information content (AvgIpc) is 2.60. The highest BCUT2D eigenvalue weighted by atomic mass is 32.2. The molecule has 0 spiro atoms. The Balaban J connectivity index is 3.91. The highest BCUT2D eigenvalue weighted by molar-refractivity contribution is 7.99. The molecule has 146 valence electrons.